The number of halogens is 2. The number of thiazole rings is 1. The summed E-state index contributed by atoms with van der Waals surface area (Å²) in [4.78, 5) is 3.00. The molecular formula is C21H23Cl2N2O6S4+. The summed E-state index contributed by atoms with van der Waals surface area (Å²) in [6, 6.07) is 11.1. The highest BCUT2D eigenvalue weighted by atomic mass is 35.5. The van der Waals surface area contributed by atoms with E-state index in [4.69, 9.17) is 27.8 Å². The summed E-state index contributed by atoms with van der Waals surface area (Å²) >= 11 is 15.5. The molecular weight excluding hydrogens is 575 g/mol. The predicted octanol–water partition coefficient (Wildman–Crippen LogP) is 6.30. The Morgan fingerprint density at radius 3 is 2.40 bits per heavy atom. The molecule has 2 heterocycles. The molecule has 0 radical (unpaired) electrons. The van der Waals surface area contributed by atoms with Crippen molar-refractivity contribution in [2.75, 3.05) is 23.0 Å². The highest BCUT2D eigenvalue weighted by Crippen LogP contribution is 2.48. The Balaban J connectivity index is 1.72. The normalized spacial score (nSPS) is 15.8. The molecule has 0 saturated heterocycles. The molecule has 190 valence electrons. The minimum atomic E-state index is -4.08. The lowest BCUT2D eigenvalue weighted by Gasteiger charge is -2.23. The van der Waals surface area contributed by atoms with E-state index in [0.717, 1.165) is 30.8 Å². The second kappa shape index (κ2) is 10.7. The summed E-state index contributed by atoms with van der Waals surface area (Å²) in [5.74, 6) is -0.499. The Bertz CT molecular complexity index is 1390. The van der Waals surface area contributed by atoms with Gasteiger partial charge in [0, 0.05) is 39.7 Å². The van der Waals surface area contributed by atoms with Crippen molar-refractivity contribution in [3.63, 3.8) is 0 Å². The van der Waals surface area contributed by atoms with Crippen LogP contribution in [0.4, 0.5) is 5.69 Å². The fourth-order valence-corrected chi connectivity index (χ4v) is 7.38. The summed E-state index contributed by atoms with van der Waals surface area (Å²) in [5, 5.41) is 2.85. The SMILES string of the molecule is O=S(=O)(O)CCC[n+]1c(C=C2Sc3ccc(Cl)cc3N2CCCS(O)(O)O)sc2ccc(Cl)cc21. The van der Waals surface area contributed by atoms with Gasteiger partial charge >= 0.3 is 0 Å². The number of rotatable bonds is 9. The number of hydrogen-bond acceptors (Lipinski definition) is 8. The molecule has 4 rings (SSSR count). The van der Waals surface area contributed by atoms with Gasteiger partial charge < -0.3 is 18.6 Å². The Kier molecular flexibility index (Phi) is 8.28. The molecule has 8 nitrogen and oxygen atoms in total. The lowest BCUT2D eigenvalue weighted by Crippen LogP contribution is -2.36. The van der Waals surface area contributed by atoms with Gasteiger partial charge in [0.15, 0.2) is 6.54 Å². The standard InChI is InChI=1S/C21H22Cl2N2O6S4/c22-14-3-5-18-16(11-14)24(7-1-9-34(26,27)28)20(32-18)13-21-25(8-2-10-35(29,30)31)17-12-15(23)4-6-19(17)33-21/h3-6,11-13H,1-2,7-10H2,(H3-,26,27,28,29,30,31)/p+1. The lowest BCUT2D eigenvalue weighted by molar-refractivity contribution is -0.668. The summed E-state index contributed by atoms with van der Waals surface area (Å²) in [5.41, 5.74) is 1.74. The Morgan fingerprint density at radius 2 is 1.69 bits per heavy atom. The average molecular weight is 599 g/mol. The van der Waals surface area contributed by atoms with Gasteiger partial charge in [0.2, 0.25) is 5.52 Å². The summed E-state index contributed by atoms with van der Waals surface area (Å²) in [6.45, 7) is 0.774. The van der Waals surface area contributed by atoms with Crippen LogP contribution in [-0.4, -0.2) is 44.7 Å². The molecule has 0 unspecified atom stereocenters. The molecule has 1 aliphatic heterocycles. The van der Waals surface area contributed by atoms with Crippen LogP contribution >= 0.6 is 57.2 Å². The number of nitrogens with zero attached hydrogens (tertiary/aromatic N) is 2. The largest absolute Gasteiger partial charge is 0.335 e. The molecule has 4 N–H and O–H groups in total. The number of aromatic nitrogens is 1. The maximum absolute atomic E-state index is 11.3. The molecule has 3 aromatic rings. The topological polar surface area (TPSA) is 122 Å². The van der Waals surface area contributed by atoms with Gasteiger partial charge in [0.25, 0.3) is 15.1 Å². The lowest BCUT2D eigenvalue weighted by atomic mass is 10.2. The second-order valence-electron chi connectivity index (χ2n) is 7.88. The van der Waals surface area contributed by atoms with Crippen molar-refractivity contribution in [3.8, 4) is 0 Å². The highest BCUT2D eigenvalue weighted by Gasteiger charge is 2.29. The van der Waals surface area contributed by atoms with E-state index < -0.39 is 21.0 Å². The van der Waals surface area contributed by atoms with E-state index in [1.54, 1.807) is 12.1 Å². The van der Waals surface area contributed by atoms with Crippen molar-refractivity contribution >= 4 is 89.3 Å². The minimum Gasteiger partial charge on any atom is -0.335 e. The number of thioether (sulfide) groups is 1. The van der Waals surface area contributed by atoms with Gasteiger partial charge in [0.05, 0.1) is 33.4 Å². The first-order chi connectivity index (χ1) is 16.4. The smallest absolute Gasteiger partial charge is 0.265 e. The average Bonchev–Trinajstić information content (AvgIpc) is 3.24. The van der Waals surface area contributed by atoms with Crippen LogP contribution in [0.2, 0.25) is 10.0 Å². The van der Waals surface area contributed by atoms with E-state index in [0.29, 0.717) is 29.6 Å². The van der Waals surface area contributed by atoms with Crippen LogP contribution in [0.25, 0.3) is 16.3 Å². The Hall–Kier alpha value is -1.06. The number of hydrogen-bond donors (Lipinski definition) is 4. The van der Waals surface area contributed by atoms with Crippen molar-refractivity contribution in [1.29, 1.82) is 0 Å². The zero-order valence-corrected chi connectivity index (χ0v) is 23.0. The maximum atomic E-state index is 11.3. The van der Waals surface area contributed by atoms with Gasteiger partial charge in [0.1, 0.15) is 4.70 Å². The van der Waals surface area contributed by atoms with Crippen LogP contribution in [0, 0.1) is 0 Å². The molecule has 14 heteroatoms. The molecule has 1 aliphatic rings. The highest BCUT2D eigenvalue weighted by molar-refractivity contribution is 8.19. The molecule has 0 bridgehead atoms. The number of fused-ring (bicyclic) bond motifs is 2. The van der Waals surface area contributed by atoms with Gasteiger partial charge in [-0.05, 0) is 36.8 Å². The van der Waals surface area contributed by atoms with Crippen LogP contribution in [-0.2, 0) is 16.7 Å². The van der Waals surface area contributed by atoms with Gasteiger partial charge in [-0.25, -0.2) is 0 Å². The van der Waals surface area contributed by atoms with Crippen LogP contribution in [0.3, 0.4) is 0 Å². The molecule has 0 aliphatic carbocycles. The first-order valence-electron chi connectivity index (χ1n) is 10.4. The molecule has 1 aromatic heterocycles. The predicted molar refractivity (Wildman–Crippen MR) is 146 cm³/mol. The quantitative estimate of drug-likeness (QED) is 0.167. The summed E-state index contributed by atoms with van der Waals surface area (Å²) in [6.07, 6.45) is 2.54. The number of aryl methyl sites for hydroxylation is 1. The molecule has 0 atom stereocenters. The zero-order valence-electron chi connectivity index (χ0n) is 18.2. The van der Waals surface area contributed by atoms with Crippen LogP contribution in [0.15, 0.2) is 46.3 Å². The van der Waals surface area contributed by atoms with E-state index in [1.165, 1.54) is 23.1 Å². The fraction of sp³-hybridized carbons (Fsp3) is 0.286. The number of benzene rings is 2. The molecule has 0 spiro atoms. The van der Waals surface area contributed by atoms with E-state index in [9.17, 15) is 22.1 Å². The molecule has 35 heavy (non-hydrogen) atoms. The number of anilines is 1. The van der Waals surface area contributed by atoms with Crippen molar-refractivity contribution in [2.24, 2.45) is 0 Å². The van der Waals surface area contributed by atoms with E-state index in [2.05, 4.69) is 0 Å². The van der Waals surface area contributed by atoms with Gasteiger partial charge in [-0.3, -0.25) is 4.55 Å². The third kappa shape index (κ3) is 7.04. The zero-order chi connectivity index (χ0) is 25.4. The van der Waals surface area contributed by atoms with Crippen molar-refractivity contribution in [3.05, 3.63) is 56.5 Å². The van der Waals surface area contributed by atoms with Crippen LogP contribution in [0.5, 0.6) is 0 Å². The molecule has 0 fully saturated rings. The van der Waals surface area contributed by atoms with E-state index in [1.807, 2.05) is 39.8 Å². The Labute approximate surface area is 223 Å². The third-order valence-electron chi connectivity index (χ3n) is 5.22. The van der Waals surface area contributed by atoms with Crippen molar-refractivity contribution in [1.82, 2.24) is 0 Å². The first kappa shape index (κ1) is 27.0. The summed E-state index contributed by atoms with van der Waals surface area (Å²) in [7, 11) is -7.67. The van der Waals surface area contributed by atoms with Crippen molar-refractivity contribution in [2.45, 2.75) is 24.3 Å². The van der Waals surface area contributed by atoms with E-state index in [-0.39, 0.29) is 17.9 Å². The minimum absolute atomic E-state index is 0.144. The first-order valence-corrected chi connectivity index (χ1v) is 16.1. The maximum Gasteiger partial charge on any atom is 0.265 e. The fourth-order valence-electron chi connectivity index (χ4n) is 3.75. The second-order valence-corrected chi connectivity index (χ2v) is 14.1. The molecule has 2 aromatic carbocycles. The van der Waals surface area contributed by atoms with Crippen molar-refractivity contribution < 1.29 is 31.2 Å². The molecule has 0 amide bonds. The van der Waals surface area contributed by atoms with Gasteiger partial charge in [-0.2, -0.15) is 13.0 Å². The molecule has 0 saturated carbocycles. The third-order valence-corrected chi connectivity index (χ3v) is 9.55. The Morgan fingerprint density at radius 1 is 0.971 bits per heavy atom. The van der Waals surface area contributed by atoms with Gasteiger partial charge in [-0.15, -0.1) is 0 Å². The van der Waals surface area contributed by atoms with E-state index >= 15 is 0 Å². The van der Waals surface area contributed by atoms with Gasteiger partial charge in [-0.1, -0.05) is 46.3 Å². The summed E-state index contributed by atoms with van der Waals surface area (Å²) < 4.78 is 62.7. The van der Waals surface area contributed by atoms with Crippen LogP contribution < -0.4 is 9.47 Å². The monoisotopic (exact) mass is 597 g/mol. The van der Waals surface area contributed by atoms with Crippen LogP contribution in [0.1, 0.15) is 17.8 Å².